The molecule has 1 saturated heterocycles. The van der Waals surface area contributed by atoms with Crippen molar-refractivity contribution < 1.29 is 18.9 Å². The maximum atomic E-state index is 13.0. The van der Waals surface area contributed by atoms with Gasteiger partial charge >= 0.3 is 12.0 Å². The lowest BCUT2D eigenvalue weighted by atomic mass is 10.1. The number of likely N-dealkylation sites (N-methyl/N-ethyl adjacent to an activating group) is 2. The van der Waals surface area contributed by atoms with Crippen molar-refractivity contribution in [3.63, 3.8) is 0 Å². The van der Waals surface area contributed by atoms with Crippen LogP contribution in [0.5, 0.6) is 5.75 Å². The molecule has 2 aromatic rings. The molecule has 0 spiro atoms. The minimum Gasteiger partial charge on any atom is -0.497 e. The Hall–Kier alpha value is -3.72. The van der Waals surface area contributed by atoms with Crippen LogP contribution in [0.4, 0.5) is 4.79 Å². The van der Waals surface area contributed by atoms with Gasteiger partial charge in [-0.05, 0) is 35.9 Å². The molecule has 2 heterocycles. The average Bonchev–Trinajstić information content (AvgIpc) is 3.16. The summed E-state index contributed by atoms with van der Waals surface area (Å²) in [5.74, 6) is 1.07. The highest BCUT2D eigenvalue weighted by Gasteiger charge is 2.51. The van der Waals surface area contributed by atoms with E-state index in [0.717, 1.165) is 21.8 Å². The van der Waals surface area contributed by atoms with Gasteiger partial charge in [-0.1, -0.05) is 34.8 Å². The van der Waals surface area contributed by atoms with Gasteiger partial charge in [0.2, 0.25) is 11.9 Å². The number of halogens is 1. The van der Waals surface area contributed by atoms with Gasteiger partial charge in [0.05, 0.1) is 19.9 Å². The molecule has 0 saturated carbocycles. The molecule has 0 bridgehead atoms. The molecule has 2 aliphatic heterocycles. The molecule has 2 aromatic carbocycles. The Balaban J connectivity index is 1.67. The minimum absolute atomic E-state index is 0.305. The van der Waals surface area contributed by atoms with E-state index in [2.05, 4.69) is 15.5 Å². The number of rotatable bonds is 5. The number of amidine groups is 1. The Labute approximate surface area is 190 Å². The number of nitrogens with one attached hydrogen (secondary N) is 1. The first-order valence-electron chi connectivity index (χ1n) is 9.84. The van der Waals surface area contributed by atoms with Crippen molar-refractivity contribution in [2.75, 3.05) is 21.2 Å². The Kier molecular flexibility index (Phi) is 5.91. The molecule has 2 aliphatic rings. The molecule has 9 nitrogen and oxygen atoms in total. The van der Waals surface area contributed by atoms with E-state index in [9.17, 15) is 9.59 Å². The van der Waals surface area contributed by atoms with Crippen LogP contribution in [0.25, 0.3) is 0 Å². The van der Waals surface area contributed by atoms with Crippen molar-refractivity contribution in [3.05, 3.63) is 64.7 Å². The van der Waals surface area contributed by atoms with E-state index in [1.807, 2.05) is 42.5 Å². The molecule has 1 fully saturated rings. The van der Waals surface area contributed by atoms with Crippen molar-refractivity contribution in [1.29, 1.82) is 0 Å². The number of hydrogen-bond donors (Lipinski definition) is 1. The number of carbonyl (C=O) groups is 2. The predicted molar refractivity (Wildman–Crippen MR) is 121 cm³/mol. The van der Waals surface area contributed by atoms with Crippen LogP contribution in [-0.2, 0) is 11.3 Å². The summed E-state index contributed by atoms with van der Waals surface area (Å²) in [5.41, 5.74) is 4.59. The molecule has 10 heteroatoms. The zero-order chi connectivity index (χ0) is 22.8. The van der Waals surface area contributed by atoms with Crippen molar-refractivity contribution in [2.24, 2.45) is 10.1 Å². The molecule has 4 rings (SSSR count). The number of imide groups is 1. The number of benzene rings is 2. The van der Waals surface area contributed by atoms with Crippen LogP contribution >= 0.6 is 11.6 Å². The number of methoxy groups -OCH3 is 1. The summed E-state index contributed by atoms with van der Waals surface area (Å²) < 4.78 is 6.91. The highest BCUT2D eigenvalue weighted by molar-refractivity contribution is 6.31. The molecule has 0 aromatic heterocycles. The maximum absolute atomic E-state index is 13.0. The van der Waals surface area contributed by atoms with Gasteiger partial charge in [-0.15, -0.1) is 5.10 Å². The van der Waals surface area contributed by atoms with Crippen LogP contribution in [0.3, 0.4) is 0 Å². The lowest BCUT2D eigenvalue weighted by Crippen LogP contribution is -2.61. The molecule has 164 valence electrons. The smallest absolute Gasteiger partial charge is 0.414 e. The van der Waals surface area contributed by atoms with Crippen molar-refractivity contribution in [2.45, 2.75) is 12.6 Å². The summed E-state index contributed by atoms with van der Waals surface area (Å²) in [6.45, 7) is 0.305. The van der Waals surface area contributed by atoms with Gasteiger partial charge in [0.15, 0.2) is 0 Å². The minimum atomic E-state index is -0.766. The largest absolute Gasteiger partial charge is 0.497 e. The highest BCUT2D eigenvalue weighted by Crippen LogP contribution is 2.23. The average molecular weight is 454 g/mol. The first-order valence-corrected chi connectivity index (χ1v) is 10.2. The molecule has 1 N–H and O–H groups in total. The van der Waals surface area contributed by atoms with Crippen LogP contribution < -0.4 is 10.2 Å². The number of urea groups is 1. The molecule has 0 radical (unpaired) electrons. The fourth-order valence-electron chi connectivity index (χ4n) is 3.52. The Bertz CT molecular complexity index is 1160. The zero-order valence-electron chi connectivity index (χ0n) is 17.8. The van der Waals surface area contributed by atoms with Crippen molar-refractivity contribution in [3.8, 4) is 5.75 Å². The summed E-state index contributed by atoms with van der Waals surface area (Å²) in [5, 5.41) is 4.85. The van der Waals surface area contributed by atoms with Crippen molar-refractivity contribution in [1.82, 2.24) is 15.2 Å². The first-order chi connectivity index (χ1) is 15.4. The molecule has 1 atom stereocenters. The zero-order valence-corrected chi connectivity index (χ0v) is 18.6. The fraction of sp³-hybridized carbons (Fsp3) is 0.227. The second kappa shape index (κ2) is 8.80. The predicted octanol–water partition coefficient (Wildman–Crippen LogP) is 2.15. The van der Waals surface area contributed by atoms with Crippen LogP contribution in [0.15, 0.2) is 58.6 Å². The number of hydrazone groups is 1. The summed E-state index contributed by atoms with van der Waals surface area (Å²) in [6, 6.07) is 13.6. The van der Waals surface area contributed by atoms with Gasteiger partial charge in [0, 0.05) is 24.7 Å². The standard InChI is InChI=1S/C22H21ClN6O3/c1-27-19-18(20(30)28(2)22(27)31)29(13-15-6-4-5-7-17(15)23)21(25-19)26-24-12-14-8-10-16(32-3)11-9-14/h4-12,18H,13H2,1-3H3/p+1/b24-12-. The second-order valence-electron chi connectivity index (χ2n) is 7.30. The molecule has 0 aliphatic carbocycles. The van der Waals surface area contributed by atoms with Gasteiger partial charge in [0.1, 0.15) is 5.75 Å². The van der Waals surface area contributed by atoms with E-state index >= 15 is 0 Å². The third kappa shape index (κ3) is 3.94. The Morgan fingerprint density at radius 3 is 2.56 bits per heavy atom. The van der Waals surface area contributed by atoms with E-state index in [4.69, 9.17) is 16.3 Å². The molecular weight excluding hydrogens is 432 g/mol. The summed E-state index contributed by atoms with van der Waals surface area (Å²) >= 11 is 6.36. The SMILES string of the molecule is COc1ccc(/C=N\NC2=[N+](Cc3ccccc3Cl)C3C(=O)N(C)C(=O)N(C)C3=N2)cc1. The van der Waals surface area contributed by atoms with Gasteiger partial charge in [0.25, 0.3) is 5.91 Å². The van der Waals surface area contributed by atoms with E-state index in [1.54, 1.807) is 31.0 Å². The maximum Gasteiger partial charge on any atom is 0.414 e. The monoisotopic (exact) mass is 453 g/mol. The molecule has 32 heavy (non-hydrogen) atoms. The second-order valence-corrected chi connectivity index (χ2v) is 7.70. The van der Waals surface area contributed by atoms with Crippen LogP contribution in [0.1, 0.15) is 11.1 Å². The molecular formula is C22H22ClN6O3+. The van der Waals surface area contributed by atoms with Crippen molar-refractivity contribution >= 4 is 41.5 Å². The number of aliphatic imine (C=N–C) groups is 1. The lowest BCUT2D eigenvalue weighted by molar-refractivity contribution is -0.553. The van der Waals surface area contributed by atoms with Crippen LogP contribution in [-0.4, -0.2) is 71.6 Å². The number of ether oxygens (including phenoxy) is 1. The summed E-state index contributed by atoms with van der Waals surface area (Å²) in [4.78, 5) is 32.4. The summed E-state index contributed by atoms with van der Waals surface area (Å²) in [6.07, 6.45) is 1.63. The Morgan fingerprint density at radius 1 is 1.16 bits per heavy atom. The third-order valence-corrected chi connectivity index (χ3v) is 5.69. The number of carbonyl (C=O) groups excluding carboxylic acids is 2. The number of fused-ring (bicyclic) bond motifs is 1. The van der Waals surface area contributed by atoms with Gasteiger partial charge < -0.3 is 4.74 Å². The number of amides is 3. The van der Waals surface area contributed by atoms with Crippen LogP contribution in [0.2, 0.25) is 5.02 Å². The first kappa shape index (κ1) is 21.5. The normalized spacial score (nSPS) is 18.4. The fourth-order valence-corrected chi connectivity index (χ4v) is 3.71. The summed E-state index contributed by atoms with van der Waals surface area (Å²) in [7, 11) is 4.65. The number of hydrogen-bond acceptors (Lipinski definition) is 6. The van der Waals surface area contributed by atoms with Crippen LogP contribution in [0, 0.1) is 0 Å². The number of guanidine groups is 1. The quantitative estimate of drug-likeness (QED) is 0.426. The molecule has 3 amide bonds. The molecule has 1 unspecified atom stereocenters. The van der Waals surface area contributed by atoms with Gasteiger partial charge in [-0.25, -0.2) is 9.37 Å². The van der Waals surface area contributed by atoms with E-state index in [0.29, 0.717) is 23.4 Å². The van der Waals surface area contributed by atoms with E-state index in [1.165, 1.54) is 11.9 Å². The van der Waals surface area contributed by atoms with E-state index in [-0.39, 0.29) is 5.91 Å². The number of nitrogens with zero attached hydrogens (tertiary/aromatic N) is 5. The highest BCUT2D eigenvalue weighted by atomic mass is 35.5. The third-order valence-electron chi connectivity index (χ3n) is 5.32. The van der Waals surface area contributed by atoms with E-state index < -0.39 is 12.1 Å². The Morgan fingerprint density at radius 2 is 1.88 bits per heavy atom. The van der Waals surface area contributed by atoms with Gasteiger partial charge in [-0.2, -0.15) is 5.43 Å². The topological polar surface area (TPSA) is 89.6 Å². The lowest BCUT2D eigenvalue weighted by Gasteiger charge is -2.31. The van der Waals surface area contributed by atoms with Gasteiger partial charge in [-0.3, -0.25) is 14.6 Å².